The largest absolute Gasteiger partial charge is 0.493 e. The highest BCUT2D eigenvalue weighted by molar-refractivity contribution is 5.50. The number of piperidine rings is 1. The highest BCUT2D eigenvalue weighted by atomic mass is 16.5. The smallest absolute Gasteiger partial charge is 0.164 e. The van der Waals surface area contributed by atoms with Gasteiger partial charge in [-0.3, -0.25) is 4.90 Å². The second kappa shape index (κ2) is 7.84. The van der Waals surface area contributed by atoms with Crippen molar-refractivity contribution in [1.29, 1.82) is 0 Å². The molecular weight excluding hydrogens is 366 g/mol. The van der Waals surface area contributed by atoms with Crippen LogP contribution in [0.2, 0.25) is 0 Å². The summed E-state index contributed by atoms with van der Waals surface area (Å²) in [6, 6.07) is 4.98. The van der Waals surface area contributed by atoms with E-state index in [1.165, 1.54) is 5.56 Å². The Morgan fingerprint density at radius 3 is 2.52 bits per heavy atom. The molecule has 6 nitrogen and oxygen atoms in total. The van der Waals surface area contributed by atoms with Gasteiger partial charge in [0.15, 0.2) is 11.5 Å². The average molecular weight is 398 g/mol. The lowest BCUT2D eigenvalue weighted by Gasteiger charge is -2.43. The summed E-state index contributed by atoms with van der Waals surface area (Å²) in [4.78, 5) is 7.00. The quantitative estimate of drug-likeness (QED) is 0.727. The minimum absolute atomic E-state index is 0.353. The Labute approximate surface area is 172 Å². The number of aliphatic hydroxyl groups is 1. The van der Waals surface area contributed by atoms with Crippen LogP contribution < -0.4 is 9.47 Å². The summed E-state index contributed by atoms with van der Waals surface area (Å²) >= 11 is 0. The molecule has 2 saturated heterocycles. The SMILES string of the molecule is C=CCc1cc(CN2[C@H]3CC[C@H]2CC(O)(c2nccn2C)C3)cc(OC)c1OC. The fourth-order valence-electron chi connectivity index (χ4n) is 5.29. The number of benzene rings is 1. The third-order valence-corrected chi connectivity index (χ3v) is 6.50. The Hall–Kier alpha value is -2.31. The fraction of sp³-hybridized carbons (Fsp3) is 0.522. The molecule has 0 amide bonds. The Kier molecular flexibility index (Phi) is 5.40. The van der Waals surface area contributed by atoms with Gasteiger partial charge in [0.2, 0.25) is 0 Å². The maximum absolute atomic E-state index is 11.4. The lowest BCUT2D eigenvalue weighted by molar-refractivity contribution is -0.0669. The van der Waals surface area contributed by atoms with Crippen molar-refractivity contribution in [2.24, 2.45) is 7.05 Å². The number of hydrogen-bond donors (Lipinski definition) is 1. The molecule has 4 rings (SSSR count). The van der Waals surface area contributed by atoms with Crippen LogP contribution in [0.1, 0.15) is 42.6 Å². The molecule has 2 aliphatic rings. The van der Waals surface area contributed by atoms with Crippen LogP contribution in [0.15, 0.2) is 37.2 Å². The summed E-state index contributed by atoms with van der Waals surface area (Å²) in [6.07, 6.45) is 9.98. The summed E-state index contributed by atoms with van der Waals surface area (Å²) in [7, 11) is 5.31. The summed E-state index contributed by atoms with van der Waals surface area (Å²) < 4.78 is 13.1. The topological polar surface area (TPSA) is 59.8 Å². The summed E-state index contributed by atoms with van der Waals surface area (Å²) in [5.74, 6) is 2.33. The predicted molar refractivity (Wildman–Crippen MR) is 112 cm³/mol. The number of hydrogen-bond acceptors (Lipinski definition) is 5. The van der Waals surface area contributed by atoms with Gasteiger partial charge in [-0.2, -0.15) is 0 Å². The minimum Gasteiger partial charge on any atom is -0.493 e. The van der Waals surface area contributed by atoms with Crippen molar-refractivity contribution in [3.05, 3.63) is 54.1 Å². The van der Waals surface area contributed by atoms with E-state index in [4.69, 9.17) is 9.47 Å². The fourth-order valence-corrected chi connectivity index (χ4v) is 5.29. The number of imidazole rings is 1. The molecule has 2 bridgehead atoms. The molecule has 1 aromatic carbocycles. The van der Waals surface area contributed by atoms with Crippen LogP contribution in [0.5, 0.6) is 11.5 Å². The van der Waals surface area contributed by atoms with E-state index >= 15 is 0 Å². The van der Waals surface area contributed by atoms with Crippen LogP contribution in [0.3, 0.4) is 0 Å². The van der Waals surface area contributed by atoms with Gasteiger partial charge in [0.25, 0.3) is 0 Å². The van der Waals surface area contributed by atoms with Crippen LogP contribution in [0.4, 0.5) is 0 Å². The van der Waals surface area contributed by atoms with Crippen molar-refractivity contribution in [3.63, 3.8) is 0 Å². The molecule has 0 aliphatic carbocycles. The zero-order valence-electron chi connectivity index (χ0n) is 17.6. The first-order chi connectivity index (χ1) is 14.0. The Morgan fingerprint density at radius 1 is 1.24 bits per heavy atom. The normalized spacial score (nSPS) is 26.5. The Balaban J connectivity index is 1.58. The van der Waals surface area contributed by atoms with Crippen molar-refractivity contribution < 1.29 is 14.6 Å². The molecule has 2 aliphatic heterocycles. The number of aryl methyl sites for hydroxylation is 1. The molecule has 3 heterocycles. The molecular formula is C23H31N3O3. The zero-order chi connectivity index (χ0) is 20.6. The van der Waals surface area contributed by atoms with Gasteiger partial charge in [0.1, 0.15) is 11.4 Å². The maximum Gasteiger partial charge on any atom is 0.164 e. The van der Waals surface area contributed by atoms with Crippen molar-refractivity contribution in [2.75, 3.05) is 14.2 Å². The summed E-state index contributed by atoms with van der Waals surface area (Å²) in [5, 5.41) is 11.4. The number of allylic oxidation sites excluding steroid dienone is 1. The monoisotopic (exact) mass is 397 g/mol. The van der Waals surface area contributed by atoms with E-state index in [-0.39, 0.29) is 0 Å². The molecule has 0 saturated carbocycles. The first-order valence-corrected chi connectivity index (χ1v) is 10.3. The van der Waals surface area contributed by atoms with Gasteiger partial charge in [0, 0.05) is 43.6 Å². The lowest BCUT2D eigenvalue weighted by atomic mass is 9.85. The first kappa shape index (κ1) is 20.0. The van der Waals surface area contributed by atoms with Gasteiger partial charge in [-0.25, -0.2) is 4.98 Å². The number of methoxy groups -OCH3 is 2. The molecule has 0 unspecified atom stereocenters. The van der Waals surface area contributed by atoms with Crippen molar-refractivity contribution in [2.45, 2.75) is 56.3 Å². The third kappa shape index (κ3) is 3.55. The number of fused-ring (bicyclic) bond motifs is 2. The van der Waals surface area contributed by atoms with Crippen LogP contribution in [-0.4, -0.2) is 45.9 Å². The predicted octanol–water partition coefficient (Wildman–Crippen LogP) is 3.18. The van der Waals surface area contributed by atoms with E-state index < -0.39 is 5.60 Å². The van der Waals surface area contributed by atoms with Gasteiger partial charge in [0.05, 0.1) is 14.2 Å². The maximum atomic E-state index is 11.4. The molecule has 2 aromatic rings. The molecule has 0 radical (unpaired) electrons. The van der Waals surface area contributed by atoms with E-state index in [9.17, 15) is 5.11 Å². The second-order valence-corrected chi connectivity index (χ2v) is 8.34. The number of ether oxygens (including phenoxy) is 2. The minimum atomic E-state index is -0.841. The van der Waals surface area contributed by atoms with E-state index in [1.807, 2.05) is 23.9 Å². The van der Waals surface area contributed by atoms with Gasteiger partial charge >= 0.3 is 0 Å². The molecule has 6 heteroatoms. The highest BCUT2D eigenvalue weighted by Crippen LogP contribution is 2.46. The second-order valence-electron chi connectivity index (χ2n) is 8.34. The summed E-state index contributed by atoms with van der Waals surface area (Å²) in [6.45, 7) is 4.71. The molecule has 2 atom stereocenters. The molecule has 2 fully saturated rings. The van der Waals surface area contributed by atoms with E-state index in [2.05, 4.69) is 28.6 Å². The van der Waals surface area contributed by atoms with E-state index in [0.717, 1.165) is 61.5 Å². The van der Waals surface area contributed by atoms with Crippen LogP contribution >= 0.6 is 0 Å². The van der Waals surface area contributed by atoms with Crippen molar-refractivity contribution >= 4 is 0 Å². The number of nitrogens with zero attached hydrogens (tertiary/aromatic N) is 3. The molecule has 0 spiro atoms. The van der Waals surface area contributed by atoms with Gasteiger partial charge in [-0.1, -0.05) is 12.1 Å². The highest BCUT2D eigenvalue weighted by Gasteiger charge is 2.49. The first-order valence-electron chi connectivity index (χ1n) is 10.3. The Bertz CT molecular complexity index is 877. The molecule has 29 heavy (non-hydrogen) atoms. The third-order valence-electron chi connectivity index (χ3n) is 6.50. The van der Waals surface area contributed by atoms with E-state index in [1.54, 1.807) is 20.4 Å². The van der Waals surface area contributed by atoms with Crippen LogP contribution in [0.25, 0.3) is 0 Å². The van der Waals surface area contributed by atoms with Crippen LogP contribution in [0, 0.1) is 0 Å². The van der Waals surface area contributed by atoms with Gasteiger partial charge < -0.3 is 19.1 Å². The number of rotatable bonds is 7. The zero-order valence-corrected chi connectivity index (χ0v) is 17.6. The van der Waals surface area contributed by atoms with Gasteiger partial charge in [-0.05, 0) is 43.7 Å². The average Bonchev–Trinajstić information content (AvgIpc) is 3.23. The van der Waals surface area contributed by atoms with E-state index in [0.29, 0.717) is 12.1 Å². The summed E-state index contributed by atoms with van der Waals surface area (Å²) in [5.41, 5.74) is 1.45. The van der Waals surface area contributed by atoms with Crippen molar-refractivity contribution in [3.8, 4) is 11.5 Å². The standard InChI is InChI=1S/C23H31N3O3/c1-5-6-17-11-16(12-20(28-3)21(17)29-4)15-26-18-7-8-19(26)14-23(27,13-18)22-24-9-10-25(22)2/h5,9-12,18-19,27H,1,6-8,13-15H2,2-4H3/t18-,19-/m0/s1. The lowest BCUT2D eigenvalue weighted by Crippen LogP contribution is -2.50. The Morgan fingerprint density at radius 2 is 1.97 bits per heavy atom. The van der Waals surface area contributed by atoms with Gasteiger partial charge in [-0.15, -0.1) is 6.58 Å². The molecule has 1 aromatic heterocycles. The molecule has 1 N–H and O–H groups in total. The molecule has 156 valence electrons. The number of aromatic nitrogens is 2. The van der Waals surface area contributed by atoms with Crippen LogP contribution in [-0.2, 0) is 25.6 Å². The van der Waals surface area contributed by atoms with Crippen molar-refractivity contribution in [1.82, 2.24) is 14.5 Å².